The Hall–Kier alpha value is -0.570. The molecule has 2 bridgehead atoms. The van der Waals surface area contributed by atoms with Crippen LogP contribution < -0.4 is 5.32 Å². The molecule has 114 valence electrons. The summed E-state index contributed by atoms with van der Waals surface area (Å²) in [6.07, 6.45) is 7.20. The molecule has 2 N–H and O–H groups in total. The van der Waals surface area contributed by atoms with Crippen LogP contribution in [0.4, 0.5) is 0 Å². The number of hydrogen-bond acceptors (Lipinski definition) is 2. The number of aliphatic carboxylic acids is 1. The Morgan fingerprint density at radius 1 is 1.15 bits per heavy atom. The summed E-state index contributed by atoms with van der Waals surface area (Å²) in [7, 11) is 0. The van der Waals surface area contributed by atoms with E-state index in [2.05, 4.69) is 26.1 Å². The van der Waals surface area contributed by atoms with Gasteiger partial charge in [-0.05, 0) is 61.7 Å². The summed E-state index contributed by atoms with van der Waals surface area (Å²) in [5.41, 5.74) is 0.395. The maximum Gasteiger partial charge on any atom is 0.308 e. The minimum absolute atomic E-state index is 0.130. The third-order valence-electron chi connectivity index (χ3n) is 6.02. The first-order chi connectivity index (χ1) is 9.35. The Kier molecular flexibility index (Phi) is 3.60. The van der Waals surface area contributed by atoms with E-state index >= 15 is 0 Å². The predicted molar refractivity (Wildman–Crippen MR) is 79.5 cm³/mol. The van der Waals surface area contributed by atoms with Crippen molar-refractivity contribution in [3.05, 3.63) is 0 Å². The molecule has 0 aromatic carbocycles. The second-order valence-electron chi connectivity index (χ2n) is 8.50. The van der Waals surface area contributed by atoms with Crippen molar-refractivity contribution < 1.29 is 9.90 Å². The Balaban J connectivity index is 1.69. The van der Waals surface area contributed by atoms with Crippen molar-refractivity contribution in [2.24, 2.45) is 29.1 Å². The molecule has 0 saturated heterocycles. The molecule has 20 heavy (non-hydrogen) atoms. The highest BCUT2D eigenvalue weighted by Gasteiger charge is 2.51. The summed E-state index contributed by atoms with van der Waals surface area (Å²) >= 11 is 0. The van der Waals surface area contributed by atoms with Gasteiger partial charge in [-0.3, -0.25) is 4.79 Å². The van der Waals surface area contributed by atoms with Gasteiger partial charge in [0, 0.05) is 12.1 Å². The van der Waals surface area contributed by atoms with Crippen molar-refractivity contribution in [1.29, 1.82) is 0 Å². The molecule has 0 aliphatic heterocycles. The van der Waals surface area contributed by atoms with Crippen LogP contribution in [0.5, 0.6) is 0 Å². The number of fused-ring (bicyclic) bond motifs is 2. The van der Waals surface area contributed by atoms with Gasteiger partial charge in [0.25, 0.3) is 0 Å². The summed E-state index contributed by atoms with van der Waals surface area (Å²) in [5.74, 6) is 1.09. The van der Waals surface area contributed by atoms with E-state index in [1.807, 2.05) is 0 Å². The molecule has 6 unspecified atom stereocenters. The highest BCUT2D eigenvalue weighted by Crippen LogP contribution is 2.49. The molecule has 0 radical (unpaired) electrons. The van der Waals surface area contributed by atoms with E-state index in [0.717, 1.165) is 18.8 Å². The standard InChI is InChI=1S/C17H29NO2/c1-10-6-13(9-17(2,3)8-10)18-15-12-5-4-11(7-12)14(15)16(19)20/h10-15,18H,4-9H2,1-3H3,(H,19,20). The van der Waals surface area contributed by atoms with Crippen LogP contribution in [0, 0.1) is 29.1 Å². The zero-order valence-electron chi connectivity index (χ0n) is 13.1. The molecule has 0 aromatic heterocycles. The third-order valence-corrected chi connectivity index (χ3v) is 6.02. The first-order valence-corrected chi connectivity index (χ1v) is 8.34. The van der Waals surface area contributed by atoms with Gasteiger partial charge >= 0.3 is 5.97 Å². The SMILES string of the molecule is CC1CC(NC2C3CCC(C3)C2C(=O)O)CC(C)(C)C1. The first-order valence-electron chi connectivity index (χ1n) is 8.34. The Bertz CT molecular complexity index is 392. The zero-order chi connectivity index (χ0) is 14.5. The Morgan fingerprint density at radius 2 is 1.85 bits per heavy atom. The molecule has 3 fully saturated rings. The second kappa shape index (κ2) is 5.01. The first kappa shape index (κ1) is 14.4. The van der Waals surface area contributed by atoms with E-state index in [4.69, 9.17) is 0 Å². The molecule has 3 aliphatic carbocycles. The Labute approximate surface area is 122 Å². The normalized spacial score (nSPS) is 46.5. The lowest BCUT2D eigenvalue weighted by atomic mass is 9.70. The predicted octanol–water partition coefficient (Wildman–Crippen LogP) is 3.29. The monoisotopic (exact) mass is 279 g/mol. The molecule has 3 nitrogen and oxygen atoms in total. The lowest BCUT2D eigenvalue weighted by Gasteiger charge is -2.42. The molecule has 3 rings (SSSR count). The summed E-state index contributed by atoms with van der Waals surface area (Å²) in [6.45, 7) is 7.05. The van der Waals surface area contributed by atoms with Crippen LogP contribution in [0.25, 0.3) is 0 Å². The van der Waals surface area contributed by atoms with Crippen LogP contribution in [-0.2, 0) is 4.79 Å². The highest BCUT2D eigenvalue weighted by atomic mass is 16.4. The molecule has 3 heteroatoms. The molecule has 0 heterocycles. The largest absolute Gasteiger partial charge is 0.481 e. The summed E-state index contributed by atoms with van der Waals surface area (Å²) in [5, 5.41) is 13.3. The summed E-state index contributed by atoms with van der Waals surface area (Å²) < 4.78 is 0. The van der Waals surface area contributed by atoms with Gasteiger partial charge in [0.05, 0.1) is 5.92 Å². The molecule has 3 aliphatic rings. The average Bonchev–Trinajstić information content (AvgIpc) is 2.85. The third kappa shape index (κ3) is 2.61. The van der Waals surface area contributed by atoms with E-state index in [0.29, 0.717) is 23.3 Å². The number of nitrogens with one attached hydrogen (secondary N) is 1. The Morgan fingerprint density at radius 3 is 2.50 bits per heavy atom. The fourth-order valence-corrected chi connectivity index (χ4v) is 5.63. The molecular formula is C17H29NO2. The number of carboxylic acids is 1. The lowest BCUT2D eigenvalue weighted by Crippen LogP contribution is -2.51. The second-order valence-corrected chi connectivity index (χ2v) is 8.50. The van der Waals surface area contributed by atoms with Crippen molar-refractivity contribution >= 4 is 5.97 Å². The van der Waals surface area contributed by atoms with E-state index < -0.39 is 5.97 Å². The fraction of sp³-hybridized carbons (Fsp3) is 0.941. The quantitative estimate of drug-likeness (QED) is 0.833. The van der Waals surface area contributed by atoms with Crippen molar-refractivity contribution in [2.45, 2.75) is 71.4 Å². The summed E-state index contributed by atoms with van der Waals surface area (Å²) in [6, 6.07) is 0.747. The van der Waals surface area contributed by atoms with Crippen LogP contribution >= 0.6 is 0 Å². The van der Waals surface area contributed by atoms with Crippen molar-refractivity contribution in [1.82, 2.24) is 5.32 Å². The van der Waals surface area contributed by atoms with Crippen LogP contribution in [0.2, 0.25) is 0 Å². The maximum absolute atomic E-state index is 11.6. The van der Waals surface area contributed by atoms with Gasteiger partial charge in [0.1, 0.15) is 0 Å². The number of hydrogen-bond donors (Lipinski definition) is 2. The van der Waals surface area contributed by atoms with E-state index in [-0.39, 0.29) is 12.0 Å². The van der Waals surface area contributed by atoms with Crippen molar-refractivity contribution in [3.63, 3.8) is 0 Å². The molecule has 3 saturated carbocycles. The van der Waals surface area contributed by atoms with Gasteiger partial charge in [-0.15, -0.1) is 0 Å². The van der Waals surface area contributed by atoms with Gasteiger partial charge in [-0.1, -0.05) is 20.8 Å². The highest BCUT2D eigenvalue weighted by molar-refractivity contribution is 5.72. The minimum atomic E-state index is -0.571. The maximum atomic E-state index is 11.6. The molecule has 0 amide bonds. The number of carbonyl (C=O) groups is 1. The van der Waals surface area contributed by atoms with Crippen LogP contribution in [0.15, 0.2) is 0 Å². The van der Waals surface area contributed by atoms with Gasteiger partial charge < -0.3 is 10.4 Å². The van der Waals surface area contributed by atoms with E-state index in [9.17, 15) is 9.90 Å². The van der Waals surface area contributed by atoms with E-state index in [1.54, 1.807) is 0 Å². The molecule has 6 atom stereocenters. The van der Waals surface area contributed by atoms with Crippen molar-refractivity contribution in [2.75, 3.05) is 0 Å². The summed E-state index contributed by atoms with van der Waals surface area (Å²) in [4.78, 5) is 11.6. The smallest absolute Gasteiger partial charge is 0.308 e. The number of carboxylic acid groups (broad SMARTS) is 1. The van der Waals surface area contributed by atoms with Crippen LogP contribution in [0.1, 0.15) is 59.3 Å². The van der Waals surface area contributed by atoms with Gasteiger partial charge in [-0.2, -0.15) is 0 Å². The van der Waals surface area contributed by atoms with Crippen LogP contribution in [0.3, 0.4) is 0 Å². The van der Waals surface area contributed by atoms with Gasteiger partial charge in [-0.25, -0.2) is 0 Å². The van der Waals surface area contributed by atoms with E-state index in [1.165, 1.54) is 25.7 Å². The lowest BCUT2D eigenvalue weighted by molar-refractivity contribution is -0.144. The van der Waals surface area contributed by atoms with Crippen molar-refractivity contribution in [3.8, 4) is 0 Å². The van der Waals surface area contributed by atoms with Gasteiger partial charge in [0.2, 0.25) is 0 Å². The molecular weight excluding hydrogens is 250 g/mol. The average molecular weight is 279 g/mol. The fourth-order valence-electron chi connectivity index (χ4n) is 5.63. The molecule has 0 aromatic rings. The number of rotatable bonds is 3. The zero-order valence-corrected chi connectivity index (χ0v) is 13.1. The van der Waals surface area contributed by atoms with Gasteiger partial charge in [0.15, 0.2) is 0 Å². The van der Waals surface area contributed by atoms with Crippen LogP contribution in [-0.4, -0.2) is 23.2 Å². The topological polar surface area (TPSA) is 49.3 Å². The minimum Gasteiger partial charge on any atom is -0.481 e. The molecule has 0 spiro atoms.